The summed E-state index contributed by atoms with van der Waals surface area (Å²) in [5.74, 6) is 1.59. The molecule has 0 spiro atoms. The van der Waals surface area contributed by atoms with Gasteiger partial charge in [-0.3, -0.25) is 4.79 Å². The number of methoxy groups -OCH3 is 1. The number of rotatable bonds is 5. The van der Waals surface area contributed by atoms with E-state index >= 15 is 0 Å². The minimum absolute atomic E-state index is 0.271. The zero-order valence-corrected chi connectivity index (χ0v) is 22.6. The Bertz CT molecular complexity index is 1910. The molecule has 0 bridgehead atoms. The van der Waals surface area contributed by atoms with Crippen molar-refractivity contribution in [2.45, 2.75) is 13.8 Å². The molecule has 8 heteroatoms. The standard InChI is InChI=1S/C30H23BrN4O3/c1-18-14-21(19(2)34(18)23-9-11-24(37-3)12-10-23)17-32-35-29(33-26-7-5-4-6-25(26)30(35)36)28-16-20-15-22(31)8-13-27(20)38-28/h4-17H,1-3H3. The molecular formula is C30H23BrN4O3. The number of ether oxygens (including phenoxy) is 1. The van der Waals surface area contributed by atoms with E-state index in [1.165, 1.54) is 4.68 Å². The highest BCUT2D eigenvalue weighted by atomic mass is 79.9. The SMILES string of the molecule is COc1ccc(-n2c(C)cc(C=Nn3c(-c4cc5cc(Br)ccc5o4)nc4ccccc4c3=O)c2C)cc1. The van der Waals surface area contributed by atoms with Gasteiger partial charge in [0.05, 0.1) is 24.2 Å². The van der Waals surface area contributed by atoms with Crippen molar-refractivity contribution >= 4 is 44.0 Å². The van der Waals surface area contributed by atoms with Gasteiger partial charge in [-0.15, -0.1) is 0 Å². The Morgan fingerprint density at radius 3 is 2.58 bits per heavy atom. The minimum atomic E-state index is -0.271. The number of furan rings is 1. The monoisotopic (exact) mass is 566 g/mol. The van der Waals surface area contributed by atoms with Gasteiger partial charge in [0.25, 0.3) is 5.56 Å². The fraction of sp³-hybridized carbons (Fsp3) is 0.100. The summed E-state index contributed by atoms with van der Waals surface area (Å²) in [6, 6.07) is 24.8. The molecule has 0 amide bonds. The number of hydrogen-bond donors (Lipinski definition) is 0. The maximum absolute atomic E-state index is 13.6. The van der Waals surface area contributed by atoms with Gasteiger partial charge in [0.2, 0.25) is 5.82 Å². The van der Waals surface area contributed by atoms with Crippen LogP contribution in [0.25, 0.3) is 39.1 Å². The Balaban J connectivity index is 1.49. The van der Waals surface area contributed by atoms with Gasteiger partial charge in [-0.25, -0.2) is 4.98 Å². The maximum Gasteiger partial charge on any atom is 0.282 e. The average molecular weight is 567 g/mol. The molecule has 0 fully saturated rings. The molecule has 0 aliphatic heterocycles. The summed E-state index contributed by atoms with van der Waals surface area (Å²) in [6.07, 6.45) is 1.70. The minimum Gasteiger partial charge on any atom is -0.497 e. The number of nitrogens with zero attached hydrogens (tertiary/aromatic N) is 4. The molecule has 6 rings (SSSR count). The molecule has 3 aromatic carbocycles. The Hall–Kier alpha value is -4.43. The molecular weight excluding hydrogens is 544 g/mol. The van der Waals surface area contributed by atoms with Gasteiger partial charge < -0.3 is 13.7 Å². The lowest BCUT2D eigenvalue weighted by Gasteiger charge is -2.10. The second kappa shape index (κ2) is 9.46. The van der Waals surface area contributed by atoms with Crippen molar-refractivity contribution in [3.63, 3.8) is 0 Å². The topological polar surface area (TPSA) is 74.6 Å². The van der Waals surface area contributed by atoms with Crippen molar-refractivity contribution in [3.8, 4) is 23.0 Å². The van der Waals surface area contributed by atoms with Crippen LogP contribution in [0.1, 0.15) is 17.0 Å². The molecule has 38 heavy (non-hydrogen) atoms. The first-order valence-electron chi connectivity index (χ1n) is 12.0. The molecule has 0 saturated heterocycles. The van der Waals surface area contributed by atoms with Gasteiger partial charge in [0.15, 0.2) is 5.76 Å². The second-order valence-electron chi connectivity index (χ2n) is 8.97. The number of hydrogen-bond acceptors (Lipinski definition) is 5. The van der Waals surface area contributed by atoms with Crippen molar-refractivity contribution in [2.24, 2.45) is 5.10 Å². The lowest BCUT2D eigenvalue weighted by molar-refractivity contribution is 0.414. The van der Waals surface area contributed by atoms with Crippen LogP contribution in [-0.2, 0) is 0 Å². The Morgan fingerprint density at radius 1 is 1.00 bits per heavy atom. The van der Waals surface area contributed by atoms with Gasteiger partial charge in [-0.2, -0.15) is 9.78 Å². The van der Waals surface area contributed by atoms with Crippen molar-refractivity contribution in [3.05, 3.63) is 111 Å². The third-order valence-electron chi connectivity index (χ3n) is 6.57. The summed E-state index contributed by atoms with van der Waals surface area (Å²) in [6.45, 7) is 4.06. The van der Waals surface area contributed by atoms with Crippen LogP contribution < -0.4 is 10.3 Å². The maximum atomic E-state index is 13.6. The molecule has 3 heterocycles. The Labute approximate surface area is 226 Å². The van der Waals surface area contributed by atoms with E-state index in [4.69, 9.17) is 14.1 Å². The molecule has 6 aromatic rings. The van der Waals surface area contributed by atoms with Gasteiger partial charge >= 0.3 is 0 Å². The van der Waals surface area contributed by atoms with Crippen LogP contribution in [0.2, 0.25) is 0 Å². The van der Waals surface area contributed by atoms with Crippen molar-refractivity contribution < 1.29 is 9.15 Å². The van der Waals surface area contributed by atoms with E-state index in [1.54, 1.807) is 19.4 Å². The largest absolute Gasteiger partial charge is 0.497 e. The summed E-state index contributed by atoms with van der Waals surface area (Å²) in [5.41, 5.74) is 4.95. The number of aromatic nitrogens is 3. The lowest BCUT2D eigenvalue weighted by Crippen LogP contribution is -2.20. The number of halogens is 1. The first-order valence-corrected chi connectivity index (χ1v) is 12.8. The summed E-state index contributed by atoms with van der Waals surface area (Å²) in [7, 11) is 1.65. The van der Waals surface area contributed by atoms with Crippen LogP contribution in [0.4, 0.5) is 0 Å². The molecule has 7 nitrogen and oxygen atoms in total. The Kier molecular flexibility index (Phi) is 5.96. The lowest BCUT2D eigenvalue weighted by atomic mass is 10.2. The molecule has 0 N–H and O–H groups in total. The average Bonchev–Trinajstić information content (AvgIpc) is 3.47. The van der Waals surface area contributed by atoms with E-state index in [-0.39, 0.29) is 5.56 Å². The highest BCUT2D eigenvalue weighted by molar-refractivity contribution is 9.10. The predicted molar refractivity (Wildman–Crippen MR) is 154 cm³/mol. The number of fused-ring (bicyclic) bond motifs is 2. The highest BCUT2D eigenvalue weighted by Gasteiger charge is 2.17. The molecule has 0 aliphatic carbocycles. The summed E-state index contributed by atoms with van der Waals surface area (Å²) < 4.78 is 15.8. The molecule has 0 aliphatic rings. The smallest absolute Gasteiger partial charge is 0.282 e. The third kappa shape index (κ3) is 4.13. The van der Waals surface area contributed by atoms with E-state index in [2.05, 4.69) is 25.6 Å². The van der Waals surface area contributed by atoms with Crippen molar-refractivity contribution in [1.82, 2.24) is 14.2 Å². The highest BCUT2D eigenvalue weighted by Crippen LogP contribution is 2.29. The number of benzene rings is 3. The molecule has 188 valence electrons. The van der Waals surface area contributed by atoms with E-state index in [1.807, 2.05) is 86.6 Å². The van der Waals surface area contributed by atoms with Crippen LogP contribution in [0, 0.1) is 13.8 Å². The van der Waals surface area contributed by atoms with E-state index < -0.39 is 0 Å². The van der Waals surface area contributed by atoms with E-state index in [9.17, 15) is 4.79 Å². The van der Waals surface area contributed by atoms with Gasteiger partial charge in [-0.05, 0) is 80.6 Å². The first-order chi connectivity index (χ1) is 18.4. The Morgan fingerprint density at radius 2 is 1.79 bits per heavy atom. The molecule has 0 unspecified atom stereocenters. The first kappa shape index (κ1) is 23.9. The normalized spacial score (nSPS) is 11.7. The van der Waals surface area contributed by atoms with Crippen LogP contribution in [0.15, 0.2) is 97.6 Å². The summed E-state index contributed by atoms with van der Waals surface area (Å²) in [5, 5.41) is 6.02. The van der Waals surface area contributed by atoms with Crippen LogP contribution >= 0.6 is 15.9 Å². The van der Waals surface area contributed by atoms with Crippen molar-refractivity contribution in [2.75, 3.05) is 7.11 Å². The summed E-state index contributed by atoms with van der Waals surface area (Å²) in [4.78, 5) is 18.4. The zero-order valence-electron chi connectivity index (χ0n) is 21.0. The van der Waals surface area contributed by atoms with E-state index in [0.29, 0.717) is 28.1 Å². The third-order valence-corrected chi connectivity index (χ3v) is 7.06. The quantitative estimate of drug-likeness (QED) is 0.213. The molecule has 0 radical (unpaired) electrons. The molecule has 3 aromatic heterocycles. The van der Waals surface area contributed by atoms with Gasteiger partial charge in [0, 0.05) is 32.5 Å². The van der Waals surface area contributed by atoms with Crippen LogP contribution in [0.5, 0.6) is 5.75 Å². The van der Waals surface area contributed by atoms with E-state index in [0.717, 1.165) is 38.2 Å². The van der Waals surface area contributed by atoms with Gasteiger partial charge in [0.1, 0.15) is 11.3 Å². The van der Waals surface area contributed by atoms with Crippen LogP contribution in [0.3, 0.4) is 0 Å². The molecule has 0 saturated carbocycles. The molecule has 0 atom stereocenters. The second-order valence-corrected chi connectivity index (χ2v) is 9.88. The van der Waals surface area contributed by atoms with Crippen molar-refractivity contribution in [1.29, 1.82) is 0 Å². The number of para-hydroxylation sites is 1. The summed E-state index contributed by atoms with van der Waals surface area (Å²) >= 11 is 3.50. The van der Waals surface area contributed by atoms with Gasteiger partial charge in [-0.1, -0.05) is 28.1 Å². The fourth-order valence-corrected chi connectivity index (χ4v) is 5.06. The number of aryl methyl sites for hydroxylation is 1. The fourth-order valence-electron chi connectivity index (χ4n) is 4.68. The van der Waals surface area contributed by atoms with Crippen LogP contribution in [-0.4, -0.2) is 27.6 Å². The predicted octanol–water partition coefficient (Wildman–Crippen LogP) is 6.87. The zero-order chi connectivity index (χ0) is 26.4.